The van der Waals surface area contributed by atoms with Crippen LogP contribution in [-0.2, 0) is 0 Å². The van der Waals surface area contributed by atoms with Crippen molar-refractivity contribution in [2.75, 3.05) is 0 Å². The summed E-state index contributed by atoms with van der Waals surface area (Å²) in [4.78, 5) is 16.6. The largest absolute Gasteiger partial charge is 0.461 e. The fourth-order valence-electron chi connectivity index (χ4n) is 2.30. The van der Waals surface area contributed by atoms with Crippen molar-refractivity contribution in [2.24, 2.45) is 0 Å². The van der Waals surface area contributed by atoms with Gasteiger partial charge in [-0.2, -0.15) is 0 Å². The second kappa shape index (κ2) is 4.56. The number of imidazole rings is 1. The van der Waals surface area contributed by atoms with Crippen LogP contribution in [0, 0.1) is 6.92 Å². The lowest BCUT2D eigenvalue weighted by Crippen LogP contribution is -1.89. The van der Waals surface area contributed by atoms with Gasteiger partial charge in [-0.05, 0) is 30.7 Å². The number of para-hydroxylation sites is 1. The van der Waals surface area contributed by atoms with Crippen LogP contribution in [0.3, 0.4) is 0 Å². The number of furan rings is 1. The number of hydrogen-bond donors (Lipinski definition) is 1. The first-order valence-corrected chi connectivity index (χ1v) is 6.63. The van der Waals surface area contributed by atoms with Crippen molar-refractivity contribution in [1.29, 1.82) is 0 Å². The molecule has 21 heavy (non-hydrogen) atoms. The molecule has 0 amide bonds. The Balaban J connectivity index is 1.76. The number of aromatic amines is 1. The molecule has 0 saturated heterocycles. The monoisotopic (exact) mass is 276 g/mol. The van der Waals surface area contributed by atoms with E-state index in [2.05, 4.69) is 19.9 Å². The van der Waals surface area contributed by atoms with Gasteiger partial charge in [0, 0.05) is 12.4 Å². The Morgan fingerprint density at radius 3 is 2.62 bits per heavy atom. The lowest BCUT2D eigenvalue weighted by molar-refractivity contribution is 0.577. The number of hydrogen-bond acceptors (Lipinski definition) is 4. The molecule has 1 N–H and O–H groups in total. The summed E-state index contributed by atoms with van der Waals surface area (Å²) in [6.45, 7) is 2.05. The molecule has 4 rings (SSSR count). The van der Waals surface area contributed by atoms with Crippen LogP contribution in [0.15, 0.2) is 53.4 Å². The summed E-state index contributed by atoms with van der Waals surface area (Å²) in [6, 6.07) is 9.71. The molecule has 0 unspecified atom stereocenters. The first kappa shape index (κ1) is 11.8. The van der Waals surface area contributed by atoms with E-state index in [4.69, 9.17) is 4.42 Å². The molecule has 1 aromatic carbocycles. The highest BCUT2D eigenvalue weighted by atomic mass is 16.3. The summed E-state index contributed by atoms with van der Waals surface area (Å²) in [7, 11) is 0. The minimum absolute atomic E-state index is 0.566. The summed E-state index contributed by atoms with van der Waals surface area (Å²) >= 11 is 0. The molecule has 0 aliphatic rings. The molecule has 102 valence electrons. The third-order valence-electron chi connectivity index (χ3n) is 3.38. The molecule has 0 spiro atoms. The SMILES string of the molecule is Cc1cccc2[nH]c(-c3cnc(-c4ccco4)nc3)nc12. The maximum atomic E-state index is 5.28. The average Bonchev–Trinajstić information content (AvgIpc) is 3.18. The van der Waals surface area contributed by atoms with Crippen molar-refractivity contribution in [3.8, 4) is 23.0 Å². The normalized spacial score (nSPS) is 11.1. The van der Waals surface area contributed by atoms with Crippen LogP contribution in [0.25, 0.3) is 34.0 Å². The molecule has 0 aliphatic carbocycles. The Morgan fingerprint density at radius 1 is 1.05 bits per heavy atom. The Bertz CT molecular complexity index is 892. The van der Waals surface area contributed by atoms with E-state index in [-0.39, 0.29) is 0 Å². The van der Waals surface area contributed by atoms with Gasteiger partial charge >= 0.3 is 0 Å². The smallest absolute Gasteiger partial charge is 0.195 e. The number of aryl methyl sites for hydroxylation is 1. The Labute approximate surface area is 120 Å². The highest BCUT2D eigenvalue weighted by molar-refractivity contribution is 5.82. The van der Waals surface area contributed by atoms with Gasteiger partial charge in [-0.1, -0.05) is 12.1 Å². The van der Waals surface area contributed by atoms with E-state index in [1.807, 2.05) is 37.3 Å². The molecule has 4 aromatic rings. The summed E-state index contributed by atoms with van der Waals surface area (Å²) in [6.07, 6.45) is 5.10. The molecule has 3 aromatic heterocycles. The summed E-state index contributed by atoms with van der Waals surface area (Å²) in [5, 5.41) is 0. The lowest BCUT2D eigenvalue weighted by Gasteiger charge is -1.97. The van der Waals surface area contributed by atoms with Gasteiger partial charge < -0.3 is 9.40 Å². The number of aromatic nitrogens is 4. The number of fused-ring (bicyclic) bond motifs is 1. The Hall–Kier alpha value is -2.95. The van der Waals surface area contributed by atoms with E-state index in [0.717, 1.165) is 28.0 Å². The van der Waals surface area contributed by atoms with Crippen LogP contribution in [0.5, 0.6) is 0 Å². The zero-order chi connectivity index (χ0) is 14.2. The summed E-state index contributed by atoms with van der Waals surface area (Å²) in [5.74, 6) is 1.99. The molecule has 0 fully saturated rings. The number of rotatable bonds is 2. The Morgan fingerprint density at radius 2 is 1.90 bits per heavy atom. The van der Waals surface area contributed by atoms with Gasteiger partial charge in [0.15, 0.2) is 11.6 Å². The zero-order valence-corrected chi connectivity index (χ0v) is 11.4. The number of H-pyrrole nitrogens is 1. The van der Waals surface area contributed by atoms with E-state index in [0.29, 0.717) is 11.6 Å². The molecule has 0 atom stereocenters. The molecule has 5 heteroatoms. The van der Waals surface area contributed by atoms with Crippen LogP contribution in [-0.4, -0.2) is 19.9 Å². The second-order valence-electron chi connectivity index (χ2n) is 4.83. The predicted octanol–water partition coefficient (Wildman–Crippen LogP) is 3.59. The molecule has 0 bridgehead atoms. The van der Waals surface area contributed by atoms with Gasteiger partial charge in [-0.3, -0.25) is 0 Å². The third kappa shape index (κ3) is 1.99. The van der Waals surface area contributed by atoms with Crippen LogP contribution >= 0.6 is 0 Å². The maximum absolute atomic E-state index is 5.28. The maximum Gasteiger partial charge on any atom is 0.195 e. The number of benzene rings is 1. The van der Waals surface area contributed by atoms with Gasteiger partial charge in [0.2, 0.25) is 0 Å². The lowest BCUT2D eigenvalue weighted by atomic mass is 10.2. The number of nitrogens with zero attached hydrogens (tertiary/aromatic N) is 3. The molecule has 0 radical (unpaired) electrons. The van der Waals surface area contributed by atoms with E-state index < -0.39 is 0 Å². The molecule has 3 heterocycles. The van der Waals surface area contributed by atoms with Gasteiger partial charge in [0.05, 0.1) is 22.9 Å². The highest BCUT2D eigenvalue weighted by Gasteiger charge is 2.09. The molecule has 0 saturated carbocycles. The summed E-state index contributed by atoms with van der Waals surface area (Å²) < 4.78 is 5.28. The predicted molar refractivity (Wildman–Crippen MR) is 79.6 cm³/mol. The fourth-order valence-corrected chi connectivity index (χ4v) is 2.30. The number of nitrogens with one attached hydrogen (secondary N) is 1. The standard InChI is InChI=1S/C16H12N4O/c1-10-4-2-5-12-14(10)20-15(19-12)11-8-17-16(18-9-11)13-6-3-7-21-13/h2-9H,1H3,(H,19,20). The topological polar surface area (TPSA) is 67.6 Å². The van der Waals surface area contributed by atoms with Crippen molar-refractivity contribution < 1.29 is 4.42 Å². The quantitative estimate of drug-likeness (QED) is 0.607. The van der Waals surface area contributed by atoms with Gasteiger partial charge in [-0.15, -0.1) is 0 Å². The van der Waals surface area contributed by atoms with E-state index in [9.17, 15) is 0 Å². The summed E-state index contributed by atoms with van der Waals surface area (Å²) in [5.41, 5.74) is 3.98. The van der Waals surface area contributed by atoms with Crippen LogP contribution in [0.2, 0.25) is 0 Å². The second-order valence-corrected chi connectivity index (χ2v) is 4.83. The molecular weight excluding hydrogens is 264 g/mol. The van der Waals surface area contributed by atoms with Gasteiger partial charge in [-0.25, -0.2) is 15.0 Å². The minimum atomic E-state index is 0.566. The van der Waals surface area contributed by atoms with Gasteiger partial charge in [0.25, 0.3) is 0 Å². The molecule has 5 nitrogen and oxygen atoms in total. The van der Waals surface area contributed by atoms with Crippen molar-refractivity contribution in [3.05, 3.63) is 54.6 Å². The average molecular weight is 276 g/mol. The molecular formula is C16H12N4O. The van der Waals surface area contributed by atoms with E-state index in [1.54, 1.807) is 18.7 Å². The van der Waals surface area contributed by atoms with E-state index in [1.165, 1.54) is 0 Å². The third-order valence-corrected chi connectivity index (χ3v) is 3.38. The van der Waals surface area contributed by atoms with E-state index >= 15 is 0 Å². The van der Waals surface area contributed by atoms with Crippen LogP contribution in [0.4, 0.5) is 0 Å². The zero-order valence-electron chi connectivity index (χ0n) is 11.4. The van der Waals surface area contributed by atoms with Crippen molar-refractivity contribution in [2.45, 2.75) is 6.92 Å². The van der Waals surface area contributed by atoms with Crippen LogP contribution < -0.4 is 0 Å². The minimum Gasteiger partial charge on any atom is -0.461 e. The Kier molecular flexibility index (Phi) is 2.57. The fraction of sp³-hybridized carbons (Fsp3) is 0.0625. The van der Waals surface area contributed by atoms with Crippen molar-refractivity contribution >= 4 is 11.0 Å². The van der Waals surface area contributed by atoms with Gasteiger partial charge in [0.1, 0.15) is 5.82 Å². The van der Waals surface area contributed by atoms with Crippen molar-refractivity contribution in [3.63, 3.8) is 0 Å². The van der Waals surface area contributed by atoms with Crippen LogP contribution in [0.1, 0.15) is 5.56 Å². The first-order valence-electron chi connectivity index (χ1n) is 6.63. The van der Waals surface area contributed by atoms with Crippen molar-refractivity contribution in [1.82, 2.24) is 19.9 Å². The highest BCUT2D eigenvalue weighted by Crippen LogP contribution is 2.22. The first-order chi connectivity index (χ1) is 10.3. The molecule has 0 aliphatic heterocycles.